The second-order valence-electron chi connectivity index (χ2n) is 6.13. The van der Waals surface area contributed by atoms with Crippen molar-refractivity contribution in [2.24, 2.45) is 0 Å². The lowest BCUT2D eigenvalue weighted by Crippen LogP contribution is -2.20. The Hall–Kier alpha value is -3.08. The number of para-hydroxylation sites is 1. The fraction of sp³-hybridized carbons (Fsp3) is 0.200. The van der Waals surface area contributed by atoms with Gasteiger partial charge in [0, 0.05) is 25.3 Å². The molecule has 1 atom stereocenters. The fourth-order valence-corrected chi connectivity index (χ4v) is 3.37. The molecule has 0 aliphatic heterocycles. The molecule has 0 amide bonds. The van der Waals surface area contributed by atoms with E-state index in [9.17, 15) is 4.79 Å². The number of rotatable bonds is 5. The normalized spacial score (nSPS) is 16.5. The summed E-state index contributed by atoms with van der Waals surface area (Å²) in [5.74, 6) is 1.61. The van der Waals surface area contributed by atoms with Gasteiger partial charge in [0.15, 0.2) is 11.6 Å². The van der Waals surface area contributed by atoms with Gasteiger partial charge in [-0.25, -0.2) is 4.68 Å². The van der Waals surface area contributed by atoms with Crippen LogP contribution in [0.25, 0.3) is 5.69 Å². The maximum Gasteiger partial charge on any atom is 0.169 e. The Bertz CT molecular complexity index is 895. The van der Waals surface area contributed by atoms with Gasteiger partial charge in [-0.1, -0.05) is 24.3 Å². The van der Waals surface area contributed by atoms with Crippen molar-refractivity contribution < 1.29 is 9.21 Å². The maximum atomic E-state index is 12.9. The number of carbonyl (C=O) groups is 1. The molecule has 0 unspecified atom stereocenters. The SMILES string of the molecule is C=CCNc1nn(-c2ccccc2)c2c1C(=O)C[C@H](c1ccco1)C2. The van der Waals surface area contributed by atoms with E-state index >= 15 is 0 Å². The molecule has 0 bridgehead atoms. The summed E-state index contributed by atoms with van der Waals surface area (Å²) in [5, 5.41) is 7.87. The molecular formula is C20H19N3O2. The molecule has 5 heteroatoms. The van der Waals surface area contributed by atoms with E-state index < -0.39 is 0 Å². The molecule has 4 rings (SSSR count). The van der Waals surface area contributed by atoms with Crippen LogP contribution in [0, 0.1) is 0 Å². The van der Waals surface area contributed by atoms with E-state index in [1.54, 1.807) is 12.3 Å². The molecule has 0 fully saturated rings. The number of hydrogen-bond donors (Lipinski definition) is 1. The van der Waals surface area contributed by atoms with Gasteiger partial charge < -0.3 is 9.73 Å². The van der Waals surface area contributed by atoms with Crippen LogP contribution in [-0.2, 0) is 6.42 Å². The topological polar surface area (TPSA) is 60.1 Å². The second-order valence-corrected chi connectivity index (χ2v) is 6.13. The van der Waals surface area contributed by atoms with Gasteiger partial charge in [-0.05, 0) is 24.3 Å². The zero-order valence-electron chi connectivity index (χ0n) is 13.8. The Balaban J connectivity index is 1.81. The van der Waals surface area contributed by atoms with Crippen LogP contribution >= 0.6 is 0 Å². The molecule has 126 valence electrons. The van der Waals surface area contributed by atoms with Crippen molar-refractivity contribution in [3.05, 3.63) is 78.4 Å². The zero-order valence-corrected chi connectivity index (χ0v) is 13.8. The van der Waals surface area contributed by atoms with Crippen molar-refractivity contribution in [2.45, 2.75) is 18.8 Å². The van der Waals surface area contributed by atoms with E-state index in [-0.39, 0.29) is 11.7 Å². The molecule has 1 aromatic carbocycles. The molecule has 1 aliphatic rings. The second kappa shape index (κ2) is 6.43. The molecule has 0 spiro atoms. The number of Topliss-reactive ketones (excluding diaryl/α,β-unsaturated/α-hetero) is 1. The minimum absolute atomic E-state index is 0.0430. The number of furan rings is 1. The third-order valence-electron chi connectivity index (χ3n) is 4.49. The summed E-state index contributed by atoms with van der Waals surface area (Å²) < 4.78 is 7.41. The number of aromatic nitrogens is 2. The largest absolute Gasteiger partial charge is 0.469 e. The van der Waals surface area contributed by atoms with E-state index in [0.29, 0.717) is 30.8 Å². The third-order valence-corrected chi connectivity index (χ3v) is 4.49. The summed E-state index contributed by atoms with van der Waals surface area (Å²) in [7, 11) is 0. The molecule has 1 aliphatic carbocycles. The van der Waals surface area contributed by atoms with Crippen molar-refractivity contribution in [2.75, 3.05) is 11.9 Å². The summed E-state index contributed by atoms with van der Waals surface area (Å²) in [6, 6.07) is 13.7. The molecule has 0 saturated carbocycles. The minimum atomic E-state index is 0.0430. The van der Waals surface area contributed by atoms with Gasteiger partial charge in [-0.3, -0.25) is 4.79 Å². The van der Waals surface area contributed by atoms with E-state index in [1.165, 1.54) is 0 Å². The summed E-state index contributed by atoms with van der Waals surface area (Å²) >= 11 is 0. The minimum Gasteiger partial charge on any atom is -0.469 e. The number of nitrogens with zero attached hydrogens (tertiary/aromatic N) is 2. The quantitative estimate of drug-likeness (QED) is 0.718. The Morgan fingerprint density at radius 3 is 2.80 bits per heavy atom. The van der Waals surface area contributed by atoms with Crippen LogP contribution in [0.5, 0.6) is 0 Å². The number of fused-ring (bicyclic) bond motifs is 1. The van der Waals surface area contributed by atoms with Crippen molar-refractivity contribution in [3.8, 4) is 5.69 Å². The lowest BCUT2D eigenvalue weighted by Gasteiger charge is -2.21. The lowest BCUT2D eigenvalue weighted by atomic mass is 9.85. The molecular weight excluding hydrogens is 314 g/mol. The van der Waals surface area contributed by atoms with Crippen LogP contribution in [0.15, 0.2) is 65.8 Å². The van der Waals surface area contributed by atoms with E-state index in [2.05, 4.69) is 17.0 Å². The van der Waals surface area contributed by atoms with E-state index in [1.807, 2.05) is 47.1 Å². The lowest BCUT2D eigenvalue weighted by molar-refractivity contribution is 0.0960. The molecule has 2 aromatic heterocycles. The monoisotopic (exact) mass is 333 g/mol. The predicted octanol–water partition coefficient (Wildman–Crippen LogP) is 3.98. The average Bonchev–Trinajstić information content (AvgIpc) is 3.29. The number of anilines is 1. The summed E-state index contributed by atoms with van der Waals surface area (Å²) in [6.45, 7) is 4.29. The van der Waals surface area contributed by atoms with E-state index in [4.69, 9.17) is 4.42 Å². The van der Waals surface area contributed by atoms with Gasteiger partial charge in [0.05, 0.1) is 23.2 Å². The summed E-state index contributed by atoms with van der Waals surface area (Å²) in [5.41, 5.74) is 2.56. The van der Waals surface area contributed by atoms with Crippen LogP contribution in [0.2, 0.25) is 0 Å². The Labute approximate surface area is 146 Å². The first-order chi connectivity index (χ1) is 12.3. The molecule has 0 radical (unpaired) electrons. The zero-order chi connectivity index (χ0) is 17.2. The fourth-order valence-electron chi connectivity index (χ4n) is 3.37. The van der Waals surface area contributed by atoms with E-state index in [0.717, 1.165) is 17.1 Å². The molecule has 0 saturated heterocycles. The van der Waals surface area contributed by atoms with Gasteiger partial charge >= 0.3 is 0 Å². The number of nitrogens with one attached hydrogen (secondary N) is 1. The summed E-state index contributed by atoms with van der Waals surface area (Å²) in [4.78, 5) is 12.9. The summed E-state index contributed by atoms with van der Waals surface area (Å²) in [6.07, 6.45) is 4.56. The third kappa shape index (κ3) is 2.78. The van der Waals surface area contributed by atoms with Gasteiger partial charge in [0.25, 0.3) is 0 Å². The number of benzene rings is 1. The highest BCUT2D eigenvalue weighted by molar-refractivity contribution is 6.03. The van der Waals surface area contributed by atoms with Gasteiger partial charge in [0.1, 0.15) is 5.76 Å². The van der Waals surface area contributed by atoms with Crippen molar-refractivity contribution >= 4 is 11.6 Å². The van der Waals surface area contributed by atoms with Crippen LogP contribution in [0.3, 0.4) is 0 Å². The Morgan fingerprint density at radius 2 is 2.08 bits per heavy atom. The van der Waals surface area contributed by atoms with Crippen LogP contribution in [-0.4, -0.2) is 22.1 Å². The highest BCUT2D eigenvalue weighted by atomic mass is 16.3. The van der Waals surface area contributed by atoms with Crippen molar-refractivity contribution in [1.29, 1.82) is 0 Å². The van der Waals surface area contributed by atoms with Gasteiger partial charge in [-0.2, -0.15) is 0 Å². The van der Waals surface area contributed by atoms with Crippen molar-refractivity contribution in [3.63, 3.8) is 0 Å². The molecule has 5 nitrogen and oxygen atoms in total. The molecule has 3 aromatic rings. The van der Waals surface area contributed by atoms with Crippen LogP contribution < -0.4 is 5.32 Å². The predicted molar refractivity (Wildman–Crippen MR) is 96.4 cm³/mol. The van der Waals surface area contributed by atoms with Crippen molar-refractivity contribution in [1.82, 2.24) is 9.78 Å². The Kier molecular flexibility index (Phi) is 3.98. The number of ketones is 1. The first kappa shape index (κ1) is 15.4. The smallest absolute Gasteiger partial charge is 0.169 e. The van der Waals surface area contributed by atoms with Gasteiger partial charge in [-0.15, -0.1) is 11.7 Å². The maximum absolute atomic E-state index is 12.9. The first-order valence-corrected chi connectivity index (χ1v) is 8.36. The molecule has 25 heavy (non-hydrogen) atoms. The Morgan fingerprint density at radius 1 is 1.24 bits per heavy atom. The molecule has 1 N–H and O–H groups in total. The highest BCUT2D eigenvalue weighted by Crippen LogP contribution is 2.37. The average molecular weight is 333 g/mol. The standard InChI is InChI=1S/C20H19N3O2/c1-2-10-21-20-19-16(23(22-20)15-7-4-3-5-8-15)12-14(13-17(19)24)18-9-6-11-25-18/h2-9,11,14H,1,10,12-13H2,(H,21,22)/t14-/m1/s1. The number of hydrogen-bond acceptors (Lipinski definition) is 4. The number of carbonyl (C=O) groups excluding carboxylic acids is 1. The van der Waals surface area contributed by atoms with Gasteiger partial charge in [0.2, 0.25) is 0 Å². The van der Waals surface area contributed by atoms with Crippen LogP contribution in [0.1, 0.15) is 34.2 Å². The molecule has 2 heterocycles. The first-order valence-electron chi connectivity index (χ1n) is 8.36. The van der Waals surface area contributed by atoms with Crippen LogP contribution in [0.4, 0.5) is 5.82 Å². The highest BCUT2D eigenvalue weighted by Gasteiger charge is 2.34.